The second-order valence-corrected chi connectivity index (χ2v) is 5.23. The van der Waals surface area contributed by atoms with Crippen molar-refractivity contribution in [1.29, 1.82) is 0 Å². The van der Waals surface area contributed by atoms with Crippen LogP contribution in [0.4, 0.5) is 0 Å². The zero-order valence-corrected chi connectivity index (χ0v) is 12.6. The van der Waals surface area contributed by atoms with Crippen LogP contribution in [0.25, 0.3) is 0 Å². The Bertz CT molecular complexity index is 391. The lowest BCUT2D eigenvalue weighted by atomic mass is 10.2. The molecule has 1 aromatic carbocycles. The van der Waals surface area contributed by atoms with Crippen LogP contribution in [-0.4, -0.2) is 33.2 Å². The molecule has 1 fully saturated rings. The number of hydrogen-bond acceptors (Lipinski definition) is 4. The molecule has 4 nitrogen and oxygen atoms in total. The van der Waals surface area contributed by atoms with E-state index in [4.69, 9.17) is 18.9 Å². The van der Waals surface area contributed by atoms with Crippen molar-refractivity contribution in [2.24, 2.45) is 0 Å². The van der Waals surface area contributed by atoms with E-state index in [-0.39, 0.29) is 6.29 Å². The average molecular weight is 331 g/mol. The Kier molecular flexibility index (Phi) is 5.94. The van der Waals surface area contributed by atoms with Crippen LogP contribution in [0.2, 0.25) is 0 Å². The van der Waals surface area contributed by atoms with Gasteiger partial charge in [0.05, 0.1) is 13.7 Å². The molecule has 0 radical (unpaired) electrons. The van der Waals surface area contributed by atoms with E-state index in [0.29, 0.717) is 19.0 Å². The second kappa shape index (κ2) is 7.72. The lowest BCUT2D eigenvalue weighted by Crippen LogP contribution is -2.24. The summed E-state index contributed by atoms with van der Waals surface area (Å²) in [4.78, 5) is 0. The molecule has 2 rings (SSSR count). The van der Waals surface area contributed by atoms with E-state index in [1.54, 1.807) is 7.11 Å². The maximum Gasteiger partial charge on any atom is 0.162 e. The summed E-state index contributed by atoms with van der Waals surface area (Å²) in [5, 5.41) is 0. The quantitative estimate of drug-likeness (QED) is 0.749. The van der Waals surface area contributed by atoms with Gasteiger partial charge in [-0.25, -0.2) is 0 Å². The first-order valence-electron chi connectivity index (χ1n) is 6.49. The highest BCUT2D eigenvalue weighted by Gasteiger charge is 2.13. The van der Waals surface area contributed by atoms with Crippen LogP contribution in [0, 0.1) is 0 Å². The summed E-state index contributed by atoms with van der Waals surface area (Å²) in [7, 11) is 1.63. The van der Waals surface area contributed by atoms with Crippen molar-refractivity contribution in [3.8, 4) is 11.5 Å². The lowest BCUT2D eigenvalue weighted by molar-refractivity contribution is -0.165. The van der Waals surface area contributed by atoms with E-state index >= 15 is 0 Å². The molecule has 1 aliphatic heterocycles. The van der Waals surface area contributed by atoms with Gasteiger partial charge in [0.2, 0.25) is 0 Å². The van der Waals surface area contributed by atoms with Gasteiger partial charge in [-0.05, 0) is 37.5 Å². The predicted octanol–water partition coefficient (Wildman–Crippen LogP) is 3.38. The number of methoxy groups -OCH3 is 1. The molecule has 106 valence electrons. The zero-order valence-electron chi connectivity index (χ0n) is 11.1. The first kappa shape index (κ1) is 14.6. The Hall–Kier alpha value is -0.780. The van der Waals surface area contributed by atoms with Crippen molar-refractivity contribution in [3.63, 3.8) is 0 Å². The third kappa shape index (κ3) is 4.67. The van der Waals surface area contributed by atoms with E-state index < -0.39 is 0 Å². The van der Waals surface area contributed by atoms with Gasteiger partial charge in [0, 0.05) is 11.1 Å². The van der Waals surface area contributed by atoms with Gasteiger partial charge < -0.3 is 18.9 Å². The van der Waals surface area contributed by atoms with Crippen LogP contribution in [0.3, 0.4) is 0 Å². The summed E-state index contributed by atoms with van der Waals surface area (Å²) in [6, 6.07) is 5.67. The number of rotatable bonds is 6. The molecule has 1 atom stereocenters. The molecule has 1 heterocycles. The molecule has 0 amide bonds. The zero-order chi connectivity index (χ0) is 13.5. The van der Waals surface area contributed by atoms with Gasteiger partial charge in [0.15, 0.2) is 17.8 Å². The smallest absolute Gasteiger partial charge is 0.162 e. The Labute approximate surface area is 122 Å². The van der Waals surface area contributed by atoms with Crippen LogP contribution in [0.15, 0.2) is 22.7 Å². The molecule has 19 heavy (non-hydrogen) atoms. The minimum Gasteiger partial charge on any atom is -0.493 e. The second-order valence-electron chi connectivity index (χ2n) is 4.31. The third-order valence-electron chi connectivity index (χ3n) is 2.91. The third-order valence-corrected chi connectivity index (χ3v) is 3.40. The standard InChI is InChI=1S/C14H19BrO4/c1-16-12-6-5-11(15)10-13(12)17-8-9-19-14-4-2-3-7-18-14/h5-6,10,14H,2-4,7-9H2,1H3. The number of ether oxygens (including phenoxy) is 4. The van der Waals surface area contributed by atoms with Gasteiger partial charge in [0.25, 0.3) is 0 Å². The Morgan fingerprint density at radius 1 is 1.26 bits per heavy atom. The van der Waals surface area contributed by atoms with Crippen molar-refractivity contribution in [1.82, 2.24) is 0 Å². The largest absolute Gasteiger partial charge is 0.493 e. The fraction of sp³-hybridized carbons (Fsp3) is 0.571. The molecular formula is C14H19BrO4. The minimum atomic E-state index is -0.0678. The molecule has 1 aromatic rings. The van der Waals surface area contributed by atoms with Crippen LogP contribution < -0.4 is 9.47 Å². The van der Waals surface area contributed by atoms with Gasteiger partial charge in [-0.3, -0.25) is 0 Å². The Morgan fingerprint density at radius 2 is 2.16 bits per heavy atom. The van der Waals surface area contributed by atoms with Gasteiger partial charge in [-0.2, -0.15) is 0 Å². The normalized spacial score (nSPS) is 19.2. The van der Waals surface area contributed by atoms with E-state index in [0.717, 1.165) is 29.7 Å². The molecule has 1 unspecified atom stereocenters. The first-order chi connectivity index (χ1) is 9.29. The van der Waals surface area contributed by atoms with Crippen molar-refractivity contribution in [3.05, 3.63) is 22.7 Å². The molecule has 0 aromatic heterocycles. The number of halogens is 1. The molecule has 0 N–H and O–H groups in total. The van der Waals surface area contributed by atoms with Gasteiger partial charge >= 0.3 is 0 Å². The van der Waals surface area contributed by atoms with Crippen LogP contribution in [0.1, 0.15) is 19.3 Å². The fourth-order valence-corrected chi connectivity index (χ4v) is 2.28. The average Bonchev–Trinajstić information content (AvgIpc) is 2.45. The SMILES string of the molecule is COc1ccc(Br)cc1OCCOC1CCCCO1. The molecule has 1 saturated heterocycles. The predicted molar refractivity (Wildman–Crippen MR) is 75.7 cm³/mol. The summed E-state index contributed by atoms with van der Waals surface area (Å²) in [6.45, 7) is 1.79. The van der Waals surface area contributed by atoms with E-state index in [2.05, 4.69) is 15.9 Å². The Morgan fingerprint density at radius 3 is 2.89 bits per heavy atom. The molecule has 0 saturated carbocycles. The fourth-order valence-electron chi connectivity index (χ4n) is 1.94. The maximum absolute atomic E-state index is 5.66. The highest BCUT2D eigenvalue weighted by molar-refractivity contribution is 9.10. The molecule has 1 aliphatic rings. The van der Waals surface area contributed by atoms with E-state index in [1.807, 2.05) is 18.2 Å². The van der Waals surface area contributed by atoms with Gasteiger partial charge in [-0.15, -0.1) is 0 Å². The molecule has 0 spiro atoms. The molecular weight excluding hydrogens is 312 g/mol. The number of hydrogen-bond donors (Lipinski definition) is 0. The number of benzene rings is 1. The van der Waals surface area contributed by atoms with Crippen LogP contribution in [-0.2, 0) is 9.47 Å². The first-order valence-corrected chi connectivity index (χ1v) is 7.28. The van der Waals surface area contributed by atoms with Crippen molar-refractivity contribution >= 4 is 15.9 Å². The lowest BCUT2D eigenvalue weighted by Gasteiger charge is -2.22. The van der Waals surface area contributed by atoms with Crippen molar-refractivity contribution in [2.75, 3.05) is 26.9 Å². The van der Waals surface area contributed by atoms with Gasteiger partial charge in [0.1, 0.15) is 6.61 Å². The Balaban J connectivity index is 1.74. The minimum absolute atomic E-state index is 0.0678. The molecule has 0 aliphatic carbocycles. The van der Waals surface area contributed by atoms with Crippen LogP contribution in [0.5, 0.6) is 11.5 Å². The van der Waals surface area contributed by atoms with E-state index in [9.17, 15) is 0 Å². The summed E-state index contributed by atoms with van der Waals surface area (Å²) >= 11 is 3.41. The highest BCUT2D eigenvalue weighted by Crippen LogP contribution is 2.30. The summed E-state index contributed by atoms with van der Waals surface area (Å²) in [5.41, 5.74) is 0. The van der Waals surface area contributed by atoms with Crippen LogP contribution >= 0.6 is 15.9 Å². The summed E-state index contributed by atoms with van der Waals surface area (Å²) in [6.07, 6.45) is 3.21. The summed E-state index contributed by atoms with van der Waals surface area (Å²) in [5.74, 6) is 1.43. The topological polar surface area (TPSA) is 36.9 Å². The van der Waals surface area contributed by atoms with E-state index in [1.165, 1.54) is 6.42 Å². The highest BCUT2D eigenvalue weighted by atomic mass is 79.9. The molecule has 0 bridgehead atoms. The van der Waals surface area contributed by atoms with Gasteiger partial charge in [-0.1, -0.05) is 15.9 Å². The monoisotopic (exact) mass is 330 g/mol. The van der Waals surface area contributed by atoms with Crippen molar-refractivity contribution < 1.29 is 18.9 Å². The summed E-state index contributed by atoms with van der Waals surface area (Å²) < 4.78 is 23.0. The maximum atomic E-state index is 5.66. The molecule has 5 heteroatoms. The van der Waals surface area contributed by atoms with Crippen molar-refractivity contribution in [2.45, 2.75) is 25.6 Å².